The first kappa shape index (κ1) is 30.8. The van der Waals surface area contributed by atoms with Crippen LogP contribution < -0.4 is 0 Å². The second-order valence-electron chi connectivity index (χ2n) is 9.95. The van der Waals surface area contributed by atoms with Crippen molar-refractivity contribution in [1.82, 2.24) is 9.80 Å². The van der Waals surface area contributed by atoms with Gasteiger partial charge in [0.2, 0.25) is 0 Å². The van der Waals surface area contributed by atoms with Gasteiger partial charge in [0, 0.05) is 36.4 Å². The summed E-state index contributed by atoms with van der Waals surface area (Å²) in [5, 5.41) is 0.658. The summed E-state index contributed by atoms with van der Waals surface area (Å²) in [7, 11) is 0. The average Bonchev–Trinajstić information content (AvgIpc) is 3.90. The van der Waals surface area contributed by atoms with Crippen LogP contribution in [0.4, 0.5) is 0 Å². The quantitative estimate of drug-likeness (QED) is 0.146. The first-order valence-corrected chi connectivity index (χ1v) is 16.2. The van der Waals surface area contributed by atoms with Crippen LogP contribution in [0.1, 0.15) is 32.2 Å². The van der Waals surface area contributed by atoms with Crippen molar-refractivity contribution in [3.63, 3.8) is 0 Å². The van der Waals surface area contributed by atoms with E-state index in [1.165, 1.54) is 34.5 Å². The summed E-state index contributed by atoms with van der Waals surface area (Å²) in [4.78, 5) is 64.8. The molecule has 0 fully saturated rings. The molecule has 0 N–H and O–H groups in total. The Hall–Kier alpha value is -5.20. The third kappa shape index (κ3) is 7.19. The topological polar surface area (TPSA) is 126 Å². The molecule has 0 saturated heterocycles. The van der Waals surface area contributed by atoms with E-state index < -0.39 is 11.8 Å². The molecule has 2 aliphatic rings. The van der Waals surface area contributed by atoms with Crippen LogP contribution in [0, 0.1) is 0 Å². The molecular formula is C34H26N4O6S2. The molecule has 0 unspecified atom stereocenters. The fourth-order valence-corrected chi connectivity index (χ4v) is 6.41. The van der Waals surface area contributed by atoms with Gasteiger partial charge < -0.3 is 8.83 Å². The van der Waals surface area contributed by atoms with Crippen molar-refractivity contribution < 1.29 is 28.0 Å². The van der Waals surface area contributed by atoms with Gasteiger partial charge in [-0.2, -0.15) is 0 Å². The summed E-state index contributed by atoms with van der Waals surface area (Å²) in [5.41, 5.74) is 1.40. The van der Waals surface area contributed by atoms with Crippen LogP contribution >= 0.6 is 23.5 Å². The van der Waals surface area contributed by atoms with Crippen LogP contribution in [0.5, 0.6) is 0 Å². The Morgan fingerprint density at radius 2 is 1.02 bits per heavy atom. The van der Waals surface area contributed by atoms with Crippen molar-refractivity contribution in [3.05, 3.63) is 131 Å². The van der Waals surface area contributed by atoms with Gasteiger partial charge in [-0.05, 0) is 24.3 Å². The molecule has 230 valence electrons. The lowest BCUT2D eigenvalue weighted by Gasteiger charge is -2.23. The number of carbonyl (C=O) groups excluding carboxylic acids is 4. The molecule has 2 amide bonds. The second-order valence-corrected chi connectivity index (χ2v) is 11.8. The lowest BCUT2D eigenvalue weighted by Crippen LogP contribution is -2.41. The molecule has 0 aliphatic carbocycles. The Bertz CT molecular complexity index is 1730. The molecule has 0 bridgehead atoms. The fraction of sp³-hybridized carbons (Fsp3) is 0.118. The normalized spacial score (nSPS) is 16.4. The van der Waals surface area contributed by atoms with Gasteiger partial charge >= 0.3 is 0 Å². The molecule has 46 heavy (non-hydrogen) atoms. The van der Waals surface area contributed by atoms with E-state index in [0.717, 1.165) is 23.5 Å². The zero-order valence-corrected chi connectivity index (χ0v) is 25.9. The highest BCUT2D eigenvalue weighted by Gasteiger charge is 2.35. The smallest absolute Gasteiger partial charge is 0.278 e. The number of nitrogens with zero attached hydrogens (tertiary/aromatic N) is 4. The summed E-state index contributed by atoms with van der Waals surface area (Å²) in [5.74, 6) is 0.0161. The lowest BCUT2D eigenvalue weighted by atomic mass is 10.2. The Morgan fingerprint density at radius 3 is 1.39 bits per heavy atom. The monoisotopic (exact) mass is 650 g/mol. The van der Waals surface area contributed by atoms with Crippen molar-refractivity contribution in [1.29, 1.82) is 0 Å². The maximum atomic E-state index is 13.6. The van der Waals surface area contributed by atoms with Gasteiger partial charge in [0.25, 0.3) is 11.8 Å². The van der Waals surface area contributed by atoms with Crippen LogP contribution in [-0.4, -0.2) is 68.1 Å². The minimum Gasteiger partial charge on any atom is -0.465 e. The third-order valence-corrected chi connectivity index (χ3v) is 8.82. The summed E-state index contributed by atoms with van der Waals surface area (Å²) in [6.45, 7) is 0.122. The van der Waals surface area contributed by atoms with Gasteiger partial charge in [-0.3, -0.25) is 29.0 Å². The Balaban J connectivity index is 1.21. The van der Waals surface area contributed by atoms with E-state index in [0.29, 0.717) is 33.0 Å². The van der Waals surface area contributed by atoms with Gasteiger partial charge in [0.05, 0.1) is 24.0 Å². The maximum Gasteiger partial charge on any atom is 0.278 e. The number of hydrogen-bond donors (Lipinski definition) is 0. The molecule has 0 atom stereocenters. The standard InChI is InChI=1S/C34H26N4O6S2/c39-29(23-9-3-1-4-10-23)21-45-33-35-27(19-25-13-7-17-43-25)31(41)37(33)15-16-38-32(42)28(20-26-14-8-18-44-26)36-34(38)46-22-30(40)24-11-5-2-6-12-24/h1-14,17-20H,15-16,21-22H2/b27-19-,28-20-. The van der Waals surface area contributed by atoms with E-state index in [2.05, 4.69) is 9.98 Å². The van der Waals surface area contributed by atoms with Crippen LogP contribution in [0.3, 0.4) is 0 Å². The van der Waals surface area contributed by atoms with Gasteiger partial charge in [-0.15, -0.1) is 0 Å². The number of amides is 2. The molecule has 2 aromatic heterocycles. The molecule has 6 rings (SSSR count). The molecule has 12 heteroatoms. The van der Waals surface area contributed by atoms with Crippen LogP contribution in [0.15, 0.2) is 128 Å². The van der Waals surface area contributed by atoms with Crippen LogP contribution in [-0.2, 0) is 9.59 Å². The molecule has 4 aromatic rings. The number of thioether (sulfide) groups is 2. The van der Waals surface area contributed by atoms with Gasteiger partial charge in [-0.1, -0.05) is 84.2 Å². The second kappa shape index (κ2) is 14.3. The van der Waals surface area contributed by atoms with Crippen LogP contribution in [0.25, 0.3) is 12.2 Å². The zero-order valence-electron chi connectivity index (χ0n) is 24.3. The zero-order chi connectivity index (χ0) is 31.9. The molecule has 10 nitrogen and oxygen atoms in total. The lowest BCUT2D eigenvalue weighted by molar-refractivity contribution is -0.125. The highest BCUT2D eigenvalue weighted by Crippen LogP contribution is 2.28. The number of Topliss-reactive ketones (excluding diaryl/α,β-unsaturated/α-hetero) is 2. The summed E-state index contributed by atoms with van der Waals surface area (Å²) in [6.07, 6.45) is 6.06. The van der Waals surface area contributed by atoms with E-state index in [1.807, 2.05) is 12.1 Å². The molecule has 0 saturated carbocycles. The van der Waals surface area contributed by atoms with E-state index in [1.54, 1.807) is 72.8 Å². The van der Waals surface area contributed by atoms with Crippen molar-refractivity contribution >= 4 is 69.4 Å². The fourth-order valence-electron chi connectivity index (χ4n) is 4.57. The van der Waals surface area contributed by atoms with E-state index in [9.17, 15) is 19.2 Å². The maximum absolute atomic E-state index is 13.6. The highest BCUT2D eigenvalue weighted by molar-refractivity contribution is 8.14. The number of carbonyl (C=O) groups is 4. The Labute approximate surface area is 272 Å². The first-order chi connectivity index (χ1) is 22.5. The number of ketones is 2. The summed E-state index contributed by atoms with van der Waals surface area (Å²) in [6, 6.07) is 24.6. The molecular weight excluding hydrogens is 625 g/mol. The molecule has 0 radical (unpaired) electrons. The predicted octanol–water partition coefficient (Wildman–Crippen LogP) is 5.88. The summed E-state index contributed by atoms with van der Waals surface area (Å²) >= 11 is 2.28. The SMILES string of the molecule is O=C(CSC1=N/C(=C\c2ccco2)C(=O)N1CCN1C(=O)/C(=C/c2ccco2)N=C1SCC(=O)c1ccccc1)c1ccccc1. The first-order valence-electron chi connectivity index (χ1n) is 14.2. The minimum absolute atomic E-state index is 0.0590. The van der Waals surface area contributed by atoms with E-state index >= 15 is 0 Å². The number of furan rings is 2. The molecule has 2 aliphatic heterocycles. The van der Waals surface area contributed by atoms with Crippen LogP contribution in [0.2, 0.25) is 0 Å². The predicted molar refractivity (Wildman–Crippen MR) is 178 cm³/mol. The number of aliphatic imine (C=N–C) groups is 2. The van der Waals surface area contributed by atoms with Gasteiger partial charge in [0.15, 0.2) is 21.9 Å². The Kier molecular flexibility index (Phi) is 9.56. The number of benzene rings is 2. The van der Waals surface area contributed by atoms with Crippen molar-refractivity contribution in [2.45, 2.75) is 0 Å². The number of amidine groups is 2. The third-order valence-electron chi connectivity index (χ3n) is 6.87. The van der Waals surface area contributed by atoms with Gasteiger partial charge in [0.1, 0.15) is 22.9 Å². The van der Waals surface area contributed by atoms with E-state index in [-0.39, 0.29) is 47.6 Å². The molecule has 0 spiro atoms. The number of rotatable bonds is 11. The van der Waals surface area contributed by atoms with Crippen molar-refractivity contribution in [2.75, 3.05) is 24.6 Å². The van der Waals surface area contributed by atoms with Gasteiger partial charge in [-0.25, -0.2) is 9.98 Å². The molecule has 2 aromatic carbocycles. The Morgan fingerprint density at radius 1 is 0.609 bits per heavy atom. The van der Waals surface area contributed by atoms with Crippen molar-refractivity contribution in [3.8, 4) is 0 Å². The average molecular weight is 651 g/mol. The number of hydrogen-bond acceptors (Lipinski definition) is 10. The molecule has 4 heterocycles. The van der Waals surface area contributed by atoms with Crippen molar-refractivity contribution in [2.24, 2.45) is 9.98 Å². The highest BCUT2D eigenvalue weighted by atomic mass is 32.2. The van der Waals surface area contributed by atoms with E-state index in [4.69, 9.17) is 8.83 Å². The largest absolute Gasteiger partial charge is 0.465 e. The summed E-state index contributed by atoms with van der Waals surface area (Å²) < 4.78 is 10.8. The minimum atomic E-state index is -0.394.